The van der Waals surface area contributed by atoms with Crippen LogP contribution in [-0.2, 0) is 4.74 Å². The third-order valence-corrected chi connectivity index (χ3v) is 6.13. The Morgan fingerprint density at radius 1 is 1.00 bits per heavy atom. The van der Waals surface area contributed by atoms with Crippen molar-refractivity contribution in [1.29, 1.82) is 10.5 Å². The zero-order valence-corrected chi connectivity index (χ0v) is 15.7. The number of halogens is 1. The molecule has 0 radical (unpaired) electrons. The van der Waals surface area contributed by atoms with Crippen molar-refractivity contribution in [2.24, 2.45) is 11.8 Å². The summed E-state index contributed by atoms with van der Waals surface area (Å²) >= 11 is 0. The highest BCUT2D eigenvalue weighted by Crippen LogP contribution is 2.35. The zero-order valence-electron chi connectivity index (χ0n) is 15.7. The van der Waals surface area contributed by atoms with Gasteiger partial charge in [0.1, 0.15) is 6.07 Å². The maximum absolute atomic E-state index is 13.1. The molecule has 27 heavy (non-hydrogen) atoms. The molecule has 2 saturated carbocycles. The Morgan fingerprint density at radius 2 is 1.67 bits per heavy atom. The minimum atomic E-state index is -0.645. The van der Waals surface area contributed by atoms with Crippen molar-refractivity contribution in [3.63, 3.8) is 0 Å². The summed E-state index contributed by atoms with van der Waals surface area (Å²) < 4.78 is 19.3. The topological polar surface area (TPSA) is 56.8 Å². The first-order chi connectivity index (χ1) is 13.2. The first-order valence-corrected chi connectivity index (χ1v) is 10.1. The van der Waals surface area contributed by atoms with E-state index in [4.69, 9.17) is 15.3 Å². The van der Waals surface area contributed by atoms with Crippen molar-refractivity contribution in [2.45, 2.75) is 63.4 Å². The Hall–Kier alpha value is -2.17. The van der Waals surface area contributed by atoms with Crippen LogP contribution >= 0.6 is 0 Å². The van der Waals surface area contributed by atoms with E-state index in [2.05, 4.69) is 18.2 Å². The molecule has 2 fully saturated rings. The molecule has 0 aliphatic heterocycles. The maximum Gasteiger partial charge on any atom is 0.196 e. The summed E-state index contributed by atoms with van der Waals surface area (Å²) in [6, 6.07) is 11.7. The second-order valence-corrected chi connectivity index (χ2v) is 7.95. The fourth-order valence-corrected chi connectivity index (χ4v) is 4.43. The molecule has 0 unspecified atom stereocenters. The molecule has 1 aromatic rings. The average Bonchev–Trinajstić information content (AvgIpc) is 2.73. The smallest absolute Gasteiger partial charge is 0.196 e. The number of benzene rings is 1. The Bertz CT molecular complexity index is 712. The van der Waals surface area contributed by atoms with Gasteiger partial charge in [-0.2, -0.15) is 14.9 Å². The van der Waals surface area contributed by atoms with Crippen molar-refractivity contribution in [2.75, 3.05) is 6.61 Å². The summed E-state index contributed by atoms with van der Waals surface area (Å²) in [6.45, 7) is 0.809. The van der Waals surface area contributed by atoms with E-state index in [1.807, 2.05) is 12.1 Å². The van der Waals surface area contributed by atoms with Crippen LogP contribution in [0.5, 0.6) is 0 Å². The lowest BCUT2D eigenvalue weighted by molar-refractivity contribution is -0.00340. The van der Waals surface area contributed by atoms with E-state index in [0.29, 0.717) is 17.9 Å². The van der Waals surface area contributed by atoms with Gasteiger partial charge < -0.3 is 4.74 Å². The second-order valence-electron chi connectivity index (χ2n) is 7.95. The average molecular weight is 366 g/mol. The van der Waals surface area contributed by atoms with Gasteiger partial charge in [-0.1, -0.05) is 12.1 Å². The van der Waals surface area contributed by atoms with E-state index in [1.165, 1.54) is 11.6 Å². The molecule has 1 aromatic carbocycles. The number of ether oxygens (including phenoxy) is 1. The van der Waals surface area contributed by atoms with Crippen LogP contribution < -0.4 is 0 Å². The Kier molecular flexibility index (Phi) is 7.02. The highest BCUT2D eigenvalue weighted by molar-refractivity contribution is 5.33. The molecule has 2 aliphatic rings. The van der Waals surface area contributed by atoms with Gasteiger partial charge in [0, 0.05) is 6.61 Å². The summed E-state index contributed by atoms with van der Waals surface area (Å²) in [5.41, 5.74) is 2.06. The molecule has 0 aromatic heterocycles. The standard InChI is InChI=1S/C23H27FN2O/c24-22(15-26)13-17-1-3-19(4-2-17)16-27-23-11-9-21(10-12-23)20-7-5-18(14-25)6-8-20/h5-8,13,17,19,21,23H,1-4,9-12,16H2. The number of nitriles is 2. The van der Waals surface area contributed by atoms with Crippen LogP contribution in [0, 0.1) is 34.5 Å². The van der Waals surface area contributed by atoms with Crippen molar-refractivity contribution < 1.29 is 9.13 Å². The number of hydrogen-bond donors (Lipinski definition) is 0. The van der Waals surface area contributed by atoms with Crippen LogP contribution in [0.25, 0.3) is 0 Å². The molecular formula is C23H27FN2O. The number of nitrogens with zero attached hydrogens (tertiary/aromatic N) is 2. The molecule has 0 saturated heterocycles. The van der Waals surface area contributed by atoms with Crippen LogP contribution in [0.2, 0.25) is 0 Å². The Balaban J connectivity index is 1.36. The van der Waals surface area contributed by atoms with Gasteiger partial charge in [-0.15, -0.1) is 0 Å². The first kappa shape index (κ1) is 19.6. The molecule has 142 valence electrons. The first-order valence-electron chi connectivity index (χ1n) is 10.1. The number of rotatable bonds is 5. The lowest BCUT2D eigenvalue weighted by atomic mass is 9.81. The summed E-state index contributed by atoms with van der Waals surface area (Å²) in [4.78, 5) is 0. The third-order valence-electron chi connectivity index (χ3n) is 6.13. The van der Waals surface area contributed by atoms with Crippen LogP contribution in [0.3, 0.4) is 0 Å². The van der Waals surface area contributed by atoms with E-state index >= 15 is 0 Å². The van der Waals surface area contributed by atoms with Crippen molar-refractivity contribution >= 4 is 0 Å². The van der Waals surface area contributed by atoms with E-state index in [0.717, 1.165) is 63.5 Å². The number of hydrogen-bond acceptors (Lipinski definition) is 3. The van der Waals surface area contributed by atoms with Gasteiger partial charge in [0.05, 0.1) is 17.7 Å². The Labute approximate surface area is 161 Å². The monoisotopic (exact) mass is 366 g/mol. The van der Waals surface area contributed by atoms with E-state index < -0.39 is 5.83 Å². The second kappa shape index (κ2) is 9.67. The van der Waals surface area contributed by atoms with Crippen molar-refractivity contribution in [3.05, 3.63) is 47.3 Å². The van der Waals surface area contributed by atoms with E-state index in [9.17, 15) is 4.39 Å². The number of allylic oxidation sites excluding steroid dienone is 2. The summed E-state index contributed by atoms with van der Waals surface area (Å²) in [5.74, 6) is 0.711. The summed E-state index contributed by atoms with van der Waals surface area (Å²) in [7, 11) is 0. The molecule has 0 spiro atoms. The van der Waals surface area contributed by atoms with Crippen molar-refractivity contribution in [3.8, 4) is 12.1 Å². The molecule has 0 N–H and O–H groups in total. The van der Waals surface area contributed by atoms with Gasteiger partial charge in [0.25, 0.3) is 0 Å². The zero-order chi connectivity index (χ0) is 19.1. The summed E-state index contributed by atoms with van der Waals surface area (Å²) in [6.07, 6.45) is 10.3. The van der Waals surface area contributed by atoms with Gasteiger partial charge in [-0.25, -0.2) is 0 Å². The van der Waals surface area contributed by atoms with Gasteiger partial charge >= 0.3 is 0 Å². The predicted octanol–water partition coefficient (Wildman–Crippen LogP) is 5.78. The van der Waals surface area contributed by atoms with Crippen molar-refractivity contribution in [1.82, 2.24) is 0 Å². The minimum Gasteiger partial charge on any atom is -0.378 e. The fourth-order valence-electron chi connectivity index (χ4n) is 4.43. The summed E-state index contributed by atoms with van der Waals surface area (Å²) in [5, 5.41) is 17.4. The lowest BCUT2D eigenvalue weighted by Gasteiger charge is -2.32. The third kappa shape index (κ3) is 5.65. The van der Waals surface area contributed by atoms with Crippen LogP contribution in [0.1, 0.15) is 68.4 Å². The highest BCUT2D eigenvalue weighted by atomic mass is 19.1. The molecule has 0 heterocycles. The molecule has 4 heteroatoms. The molecule has 3 rings (SSSR count). The molecule has 0 amide bonds. The Morgan fingerprint density at radius 3 is 2.26 bits per heavy atom. The van der Waals surface area contributed by atoms with Crippen LogP contribution in [-0.4, -0.2) is 12.7 Å². The van der Waals surface area contributed by atoms with Gasteiger partial charge in [-0.3, -0.25) is 0 Å². The SMILES string of the molecule is N#CC(F)=CC1CCC(COC2CCC(c3ccc(C#N)cc3)CC2)CC1. The predicted molar refractivity (Wildman–Crippen MR) is 102 cm³/mol. The van der Waals surface area contributed by atoms with E-state index in [1.54, 1.807) is 6.07 Å². The van der Waals surface area contributed by atoms with Gasteiger partial charge in [-0.05, 0) is 92.9 Å². The normalized spacial score (nSPS) is 28.9. The minimum absolute atomic E-state index is 0.212. The highest BCUT2D eigenvalue weighted by Gasteiger charge is 2.25. The van der Waals surface area contributed by atoms with E-state index in [-0.39, 0.29) is 5.92 Å². The largest absolute Gasteiger partial charge is 0.378 e. The molecule has 2 aliphatic carbocycles. The quantitative estimate of drug-likeness (QED) is 0.620. The molecule has 3 nitrogen and oxygen atoms in total. The fraction of sp³-hybridized carbons (Fsp3) is 0.565. The van der Waals surface area contributed by atoms with Crippen LogP contribution in [0.4, 0.5) is 4.39 Å². The molecule has 0 atom stereocenters. The van der Waals surface area contributed by atoms with Crippen LogP contribution in [0.15, 0.2) is 36.2 Å². The molecule has 0 bridgehead atoms. The lowest BCUT2D eigenvalue weighted by Crippen LogP contribution is -2.25. The maximum atomic E-state index is 13.1. The van der Waals surface area contributed by atoms with Gasteiger partial charge in [0.2, 0.25) is 0 Å². The van der Waals surface area contributed by atoms with Gasteiger partial charge in [0.15, 0.2) is 5.83 Å². The molecular weight excluding hydrogens is 339 g/mol.